The fourth-order valence-electron chi connectivity index (χ4n) is 4.95. The number of amides is 3. The van der Waals surface area contributed by atoms with Gasteiger partial charge in [-0.15, -0.1) is 0 Å². The molecule has 0 aromatic heterocycles. The number of anilines is 1. The molecule has 1 aromatic carbocycles. The molecule has 2 aliphatic heterocycles. The van der Waals surface area contributed by atoms with E-state index in [1.165, 1.54) is 25.7 Å². The van der Waals surface area contributed by atoms with Crippen LogP contribution >= 0.6 is 0 Å². The number of urea groups is 1. The molecule has 0 spiro atoms. The van der Waals surface area contributed by atoms with Crippen molar-refractivity contribution < 1.29 is 9.59 Å². The first-order valence-corrected chi connectivity index (χ1v) is 10.8. The zero-order valence-corrected chi connectivity index (χ0v) is 16.9. The molecule has 2 atom stereocenters. The lowest BCUT2D eigenvalue weighted by atomic mass is 9.78. The topological polar surface area (TPSA) is 55.9 Å². The molecule has 1 saturated carbocycles. The maximum absolute atomic E-state index is 13.1. The van der Waals surface area contributed by atoms with Gasteiger partial charge in [0.1, 0.15) is 0 Å². The van der Waals surface area contributed by atoms with Crippen LogP contribution in [-0.4, -0.2) is 72.5 Å². The maximum Gasteiger partial charge on any atom is 0.321 e. The molecule has 1 N–H and O–H groups in total. The number of nitrogens with one attached hydrogen (secondary N) is 1. The zero-order chi connectivity index (χ0) is 19.5. The predicted molar refractivity (Wildman–Crippen MR) is 111 cm³/mol. The summed E-state index contributed by atoms with van der Waals surface area (Å²) in [6.45, 7) is 4.17. The van der Waals surface area contributed by atoms with Crippen LogP contribution in [0.4, 0.5) is 10.5 Å². The first kappa shape index (κ1) is 19.2. The number of nitrogens with zero attached hydrogens (tertiary/aromatic N) is 3. The Morgan fingerprint density at radius 3 is 2.32 bits per heavy atom. The van der Waals surface area contributed by atoms with E-state index in [-0.39, 0.29) is 11.9 Å². The van der Waals surface area contributed by atoms with Crippen molar-refractivity contribution in [3.8, 4) is 0 Å². The van der Waals surface area contributed by atoms with Crippen LogP contribution in [0.5, 0.6) is 0 Å². The molecule has 3 amide bonds. The van der Waals surface area contributed by atoms with E-state index in [1.54, 1.807) is 0 Å². The Labute approximate surface area is 167 Å². The minimum absolute atomic E-state index is 0.0618. The summed E-state index contributed by atoms with van der Waals surface area (Å²) in [5.74, 6) is 0.835. The molecule has 1 aromatic rings. The van der Waals surface area contributed by atoms with Crippen molar-refractivity contribution in [2.24, 2.45) is 5.92 Å². The van der Waals surface area contributed by atoms with E-state index in [0.29, 0.717) is 12.0 Å². The minimum atomic E-state index is -0.0618. The molecule has 6 heteroatoms. The van der Waals surface area contributed by atoms with Gasteiger partial charge in [0.25, 0.3) is 5.91 Å². The van der Waals surface area contributed by atoms with Crippen molar-refractivity contribution >= 4 is 17.6 Å². The lowest BCUT2D eigenvalue weighted by Crippen LogP contribution is -2.49. The monoisotopic (exact) mass is 384 g/mol. The van der Waals surface area contributed by atoms with E-state index in [4.69, 9.17) is 0 Å². The van der Waals surface area contributed by atoms with Gasteiger partial charge in [0, 0.05) is 50.0 Å². The summed E-state index contributed by atoms with van der Waals surface area (Å²) in [5.41, 5.74) is 1.47. The number of likely N-dealkylation sites (N-methyl/N-ethyl adjacent to an activating group) is 1. The van der Waals surface area contributed by atoms with Gasteiger partial charge in [-0.2, -0.15) is 0 Å². The van der Waals surface area contributed by atoms with Crippen LogP contribution in [0.3, 0.4) is 0 Å². The molecule has 6 nitrogen and oxygen atoms in total. The Kier molecular flexibility index (Phi) is 5.85. The number of likely N-dealkylation sites (tertiary alicyclic amines) is 1. The molecule has 4 rings (SSSR count). The highest BCUT2D eigenvalue weighted by Gasteiger charge is 2.35. The molecular weight excluding hydrogens is 352 g/mol. The minimum Gasteiger partial charge on any atom is -0.335 e. The number of piperazine rings is 1. The van der Waals surface area contributed by atoms with E-state index >= 15 is 0 Å². The molecule has 152 valence electrons. The third kappa shape index (κ3) is 4.17. The van der Waals surface area contributed by atoms with Crippen molar-refractivity contribution in [1.29, 1.82) is 0 Å². The van der Waals surface area contributed by atoms with Crippen molar-refractivity contribution in [2.45, 2.75) is 44.6 Å². The van der Waals surface area contributed by atoms with E-state index < -0.39 is 0 Å². The van der Waals surface area contributed by atoms with E-state index in [2.05, 4.69) is 22.2 Å². The van der Waals surface area contributed by atoms with Gasteiger partial charge in [0.05, 0.1) is 0 Å². The van der Waals surface area contributed by atoms with Crippen LogP contribution < -0.4 is 5.32 Å². The maximum atomic E-state index is 13.1. The summed E-state index contributed by atoms with van der Waals surface area (Å²) >= 11 is 0. The highest BCUT2D eigenvalue weighted by Crippen LogP contribution is 2.36. The van der Waals surface area contributed by atoms with Gasteiger partial charge in [-0.05, 0) is 62.9 Å². The van der Waals surface area contributed by atoms with Crippen LogP contribution in [0, 0.1) is 5.92 Å². The molecule has 2 saturated heterocycles. The van der Waals surface area contributed by atoms with E-state index in [1.807, 2.05) is 29.2 Å². The van der Waals surface area contributed by atoms with E-state index in [0.717, 1.165) is 56.8 Å². The summed E-state index contributed by atoms with van der Waals surface area (Å²) in [7, 11) is 2.07. The van der Waals surface area contributed by atoms with Gasteiger partial charge in [0.15, 0.2) is 0 Å². The summed E-state index contributed by atoms with van der Waals surface area (Å²) < 4.78 is 0. The fourth-order valence-corrected chi connectivity index (χ4v) is 4.95. The third-order valence-electron chi connectivity index (χ3n) is 6.68. The van der Waals surface area contributed by atoms with Gasteiger partial charge in [-0.1, -0.05) is 12.8 Å². The van der Waals surface area contributed by atoms with E-state index in [9.17, 15) is 9.59 Å². The Balaban J connectivity index is 1.37. The average molecular weight is 385 g/mol. The van der Waals surface area contributed by atoms with Gasteiger partial charge >= 0.3 is 6.03 Å². The SMILES string of the molecule is CN1CCN(C(=O)Nc2ccc(C(=O)N3CCC[C@@H]4CCCC[C@@H]43)cc2)CC1. The highest BCUT2D eigenvalue weighted by molar-refractivity contribution is 5.96. The number of hydrogen-bond donors (Lipinski definition) is 1. The summed E-state index contributed by atoms with van der Waals surface area (Å²) in [6, 6.07) is 7.77. The summed E-state index contributed by atoms with van der Waals surface area (Å²) in [5, 5.41) is 2.96. The normalized spacial score (nSPS) is 25.9. The third-order valence-corrected chi connectivity index (χ3v) is 6.68. The Morgan fingerprint density at radius 2 is 1.57 bits per heavy atom. The number of hydrogen-bond acceptors (Lipinski definition) is 3. The number of carbonyl (C=O) groups excluding carboxylic acids is 2. The molecular formula is C22H32N4O2. The lowest BCUT2D eigenvalue weighted by Gasteiger charge is -2.44. The Hall–Kier alpha value is -2.08. The molecule has 28 heavy (non-hydrogen) atoms. The first-order valence-electron chi connectivity index (χ1n) is 10.8. The number of rotatable bonds is 2. The van der Waals surface area contributed by atoms with Crippen LogP contribution in [0.1, 0.15) is 48.9 Å². The zero-order valence-electron chi connectivity index (χ0n) is 16.9. The van der Waals surface area contributed by atoms with Crippen molar-refractivity contribution in [3.63, 3.8) is 0 Å². The van der Waals surface area contributed by atoms with Crippen LogP contribution in [0.15, 0.2) is 24.3 Å². The molecule has 3 fully saturated rings. The fraction of sp³-hybridized carbons (Fsp3) is 0.636. The smallest absolute Gasteiger partial charge is 0.321 e. The second-order valence-electron chi connectivity index (χ2n) is 8.55. The first-order chi connectivity index (χ1) is 13.6. The number of carbonyl (C=O) groups is 2. The van der Waals surface area contributed by atoms with Crippen LogP contribution in [0.2, 0.25) is 0 Å². The van der Waals surface area contributed by atoms with Crippen molar-refractivity contribution in [2.75, 3.05) is 45.1 Å². The number of fused-ring (bicyclic) bond motifs is 1. The lowest BCUT2D eigenvalue weighted by molar-refractivity contribution is 0.0390. The molecule has 0 bridgehead atoms. The van der Waals surface area contributed by atoms with Gasteiger partial charge < -0.3 is 20.0 Å². The van der Waals surface area contributed by atoms with Gasteiger partial charge in [-0.25, -0.2) is 4.79 Å². The largest absolute Gasteiger partial charge is 0.335 e. The van der Waals surface area contributed by atoms with Gasteiger partial charge in [-0.3, -0.25) is 4.79 Å². The highest BCUT2D eigenvalue weighted by atomic mass is 16.2. The molecule has 0 radical (unpaired) electrons. The second kappa shape index (κ2) is 8.52. The predicted octanol–water partition coefficient (Wildman–Crippen LogP) is 3.26. The van der Waals surface area contributed by atoms with Gasteiger partial charge in [0.2, 0.25) is 0 Å². The Bertz CT molecular complexity index is 695. The van der Waals surface area contributed by atoms with Crippen LogP contribution in [0.25, 0.3) is 0 Å². The summed E-state index contributed by atoms with van der Waals surface area (Å²) in [4.78, 5) is 31.7. The standard InChI is InChI=1S/C22H32N4O2/c1-24-13-15-25(16-14-24)22(28)23-19-10-8-18(9-11-19)21(27)26-12-4-6-17-5-2-3-7-20(17)26/h8-11,17,20H,2-7,12-16H2,1H3,(H,23,28)/t17-,20-/m0/s1. The quantitative estimate of drug-likeness (QED) is 0.851. The van der Waals surface area contributed by atoms with Crippen molar-refractivity contribution in [3.05, 3.63) is 29.8 Å². The average Bonchev–Trinajstić information content (AvgIpc) is 2.74. The molecule has 1 aliphatic carbocycles. The molecule has 2 heterocycles. The Morgan fingerprint density at radius 1 is 0.893 bits per heavy atom. The van der Waals surface area contributed by atoms with Crippen LogP contribution in [-0.2, 0) is 0 Å². The molecule has 0 unspecified atom stereocenters. The second-order valence-corrected chi connectivity index (χ2v) is 8.55. The van der Waals surface area contributed by atoms with Crippen molar-refractivity contribution in [1.82, 2.24) is 14.7 Å². The summed E-state index contributed by atoms with van der Waals surface area (Å²) in [6.07, 6.45) is 7.35. The molecule has 3 aliphatic rings. The number of benzene rings is 1. The number of piperidine rings is 1.